The molecule has 4 aromatic rings. The zero-order chi connectivity index (χ0) is 23.1. The second-order valence-corrected chi connectivity index (χ2v) is 8.64. The highest BCUT2D eigenvalue weighted by Crippen LogP contribution is 2.20. The van der Waals surface area contributed by atoms with E-state index in [4.69, 9.17) is 9.15 Å². The molecular weight excluding hydrogens is 444 g/mol. The third kappa shape index (κ3) is 6.03. The van der Waals surface area contributed by atoms with Crippen LogP contribution in [0.5, 0.6) is 5.75 Å². The summed E-state index contributed by atoms with van der Waals surface area (Å²) in [6, 6.07) is 23.9. The number of rotatable bonds is 9. The molecule has 3 aromatic carbocycles. The van der Waals surface area contributed by atoms with Crippen molar-refractivity contribution in [1.29, 1.82) is 0 Å². The van der Waals surface area contributed by atoms with Crippen LogP contribution in [0.2, 0.25) is 0 Å². The first kappa shape index (κ1) is 22.2. The van der Waals surface area contributed by atoms with E-state index in [-0.39, 0.29) is 11.5 Å². The molecule has 0 saturated carbocycles. The van der Waals surface area contributed by atoms with E-state index >= 15 is 0 Å². The monoisotopic (exact) mass is 464 g/mol. The molecular formula is C23H20N4O5S. The Labute approximate surface area is 190 Å². The Balaban J connectivity index is 1.31. The number of nitrogens with one attached hydrogen (secondary N) is 2. The highest BCUT2D eigenvalue weighted by Gasteiger charge is 2.15. The number of hydrogen-bond acceptors (Lipinski definition) is 7. The van der Waals surface area contributed by atoms with Crippen molar-refractivity contribution < 1.29 is 22.4 Å². The maximum Gasteiger partial charge on any atom is 0.254 e. The second kappa shape index (κ2) is 10.1. The molecule has 0 saturated heterocycles. The van der Waals surface area contributed by atoms with E-state index < -0.39 is 22.5 Å². The molecule has 168 valence electrons. The lowest BCUT2D eigenvalue weighted by Gasteiger charge is -2.09. The summed E-state index contributed by atoms with van der Waals surface area (Å²) in [6.07, 6.45) is 0. The Bertz CT molecular complexity index is 1330. The van der Waals surface area contributed by atoms with Gasteiger partial charge in [-0.05, 0) is 36.4 Å². The maximum atomic E-state index is 12.2. The summed E-state index contributed by atoms with van der Waals surface area (Å²) in [5, 5.41) is 10.6. The highest BCUT2D eigenvalue weighted by molar-refractivity contribution is 7.89. The van der Waals surface area contributed by atoms with E-state index in [9.17, 15) is 13.2 Å². The molecule has 1 heterocycles. The topological polar surface area (TPSA) is 123 Å². The quantitative estimate of drug-likeness (QED) is 0.390. The number of carbonyl (C=O) groups excluding carboxylic acids is 1. The number of carbonyl (C=O) groups is 1. The van der Waals surface area contributed by atoms with Crippen molar-refractivity contribution >= 4 is 21.6 Å². The molecule has 0 bridgehead atoms. The predicted octanol–water partition coefficient (Wildman–Crippen LogP) is 3.23. The van der Waals surface area contributed by atoms with Crippen molar-refractivity contribution in [3.05, 3.63) is 90.8 Å². The van der Waals surface area contributed by atoms with Gasteiger partial charge in [-0.2, -0.15) is 0 Å². The lowest BCUT2D eigenvalue weighted by Crippen LogP contribution is -2.32. The van der Waals surface area contributed by atoms with Gasteiger partial charge < -0.3 is 14.5 Å². The fraction of sp³-hybridized carbons (Fsp3) is 0.0870. The number of sulfonamides is 1. The molecule has 0 aliphatic rings. The molecule has 33 heavy (non-hydrogen) atoms. The van der Waals surface area contributed by atoms with Gasteiger partial charge in [0.25, 0.3) is 5.89 Å². The molecule has 2 N–H and O–H groups in total. The van der Waals surface area contributed by atoms with Gasteiger partial charge in [0.15, 0.2) is 6.61 Å². The first-order valence-corrected chi connectivity index (χ1v) is 11.4. The molecule has 0 aliphatic carbocycles. The van der Waals surface area contributed by atoms with Gasteiger partial charge in [0, 0.05) is 17.3 Å². The third-order valence-corrected chi connectivity index (χ3v) is 5.86. The highest BCUT2D eigenvalue weighted by atomic mass is 32.2. The molecule has 0 fully saturated rings. The van der Waals surface area contributed by atoms with Gasteiger partial charge in [0.1, 0.15) is 5.75 Å². The zero-order valence-electron chi connectivity index (χ0n) is 17.3. The average molecular weight is 465 g/mol. The third-order valence-electron chi connectivity index (χ3n) is 4.44. The Morgan fingerprint density at radius 2 is 1.64 bits per heavy atom. The second-order valence-electron chi connectivity index (χ2n) is 6.87. The Kier molecular flexibility index (Phi) is 6.77. The van der Waals surface area contributed by atoms with Crippen molar-refractivity contribution in [3.63, 3.8) is 0 Å². The van der Waals surface area contributed by atoms with E-state index in [1.54, 1.807) is 42.5 Å². The van der Waals surface area contributed by atoms with Gasteiger partial charge in [0.2, 0.25) is 21.8 Å². The number of anilines is 1. The normalized spacial score (nSPS) is 11.2. The molecule has 1 amide bonds. The molecule has 10 heteroatoms. The molecule has 0 aliphatic heterocycles. The fourth-order valence-electron chi connectivity index (χ4n) is 2.87. The molecule has 0 atom stereocenters. The van der Waals surface area contributed by atoms with E-state index in [2.05, 4.69) is 20.2 Å². The Hall–Kier alpha value is -4.02. The van der Waals surface area contributed by atoms with Gasteiger partial charge >= 0.3 is 0 Å². The molecule has 0 radical (unpaired) electrons. The molecule has 9 nitrogen and oxygen atoms in total. The van der Waals surface area contributed by atoms with Crippen molar-refractivity contribution in [2.45, 2.75) is 11.5 Å². The molecule has 1 aromatic heterocycles. The number of nitrogens with zero attached hydrogens (tertiary/aromatic N) is 2. The summed E-state index contributed by atoms with van der Waals surface area (Å²) in [6.45, 7) is -0.360. The van der Waals surface area contributed by atoms with Gasteiger partial charge in [-0.15, -0.1) is 10.2 Å². The summed E-state index contributed by atoms with van der Waals surface area (Å²) >= 11 is 0. The van der Waals surface area contributed by atoms with E-state index in [1.165, 1.54) is 12.1 Å². The lowest BCUT2D eigenvalue weighted by molar-refractivity contribution is -0.115. The summed E-state index contributed by atoms with van der Waals surface area (Å²) in [5.74, 6) is 0.653. The first-order chi connectivity index (χ1) is 16.0. The lowest BCUT2D eigenvalue weighted by atomic mass is 10.2. The number of benzene rings is 3. The maximum absolute atomic E-state index is 12.2. The molecule has 0 spiro atoms. The van der Waals surface area contributed by atoms with Crippen molar-refractivity contribution in [1.82, 2.24) is 14.9 Å². The van der Waals surface area contributed by atoms with Crippen molar-refractivity contribution in [2.24, 2.45) is 0 Å². The van der Waals surface area contributed by atoms with Gasteiger partial charge in [-0.3, -0.25) is 4.79 Å². The minimum atomic E-state index is -3.77. The number of amides is 1. The van der Waals surface area contributed by atoms with Crippen molar-refractivity contribution in [3.8, 4) is 17.2 Å². The Morgan fingerprint density at radius 3 is 2.39 bits per heavy atom. The van der Waals surface area contributed by atoms with Gasteiger partial charge in [-0.25, -0.2) is 13.1 Å². The van der Waals surface area contributed by atoms with Crippen LogP contribution >= 0.6 is 0 Å². The van der Waals surface area contributed by atoms with E-state index in [1.807, 2.05) is 30.3 Å². The molecule has 4 rings (SSSR count). The van der Waals surface area contributed by atoms with E-state index in [0.29, 0.717) is 23.2 Å². The summed E-state index contributed by atoms with van der Waals surface area (Å²) in [5.41, 5.74) is 1.26. The largest absolute Gasteiger partial charge is 0.484 e. The number of hydrogen-bond donors (Lipinski definition) is 2. The SMILES string of the molecule is O=C(CNS(=O)(=O)c1ccccc1)Nc1cccc(OCc2nnc(-c3ccccc3)o2)c1. The van der Waals surface area contributed by atoms with Crippen LogP contribution in [-0.4, -0.2) is 31.1 Å². The average Bonchev–Trinajstić information content (AvgIpc) is 3.32. The van der Waals surface area contributed by atoms with Crippen LogP contribution in [0.4, 0.5) is 5.69 Å². The number of aromatic nitrogens is 2. The van der Waals surface area contributed by atoms with Crippen LogP contribution in [0.3, 0.4) is 0 Å². The van der Waals surface area contributed by atoms with Gasteiger partial charge in [0.05, 0.1) is 11.4 Å². The van der Waals surface area contributed by atoms with Crippen LogP contribution in [-0.2, 0) is 21.4 Å². The standard InChI is InChI=1S/C23H20N4O5S/c28-21(15-24-33(29,30)20-12-5-2-6-13-20)25-18-10-7-11-19(14-18)31-16-22-26-27-23(32-22)17-8-3-1-4-9-17/h1-14,24H,15-16H2,(H,25,28). The van der Waals surface area contributed by atoms with E-state index in [0.717, 1.165) is 5.56 Å². The number of ether oxygens (including phenoxy) is 1. The van der Waals surface area contributed by atoms with Gasteiger partial charge in [-0.1, -0.05) is 42.5 Å². The summed E-state index contributed by atoms with van der Waals surface area (Å²) < 4.78 is 38.0. The van der Waals surface area contributed by atoms with Crippen LogP contribution < -0.4 is 14.8 Å². The zero-order valence-corrected chi connectivity index (χ0v) is 18.2. The van der Waals surface area contributed by atoms with Crippen LogP contribution in [0.1, 0.15) is 5.89 Å². The predicted molar refractivity (Wildman–Crippen MR) is 121 cm³/mol. The van der Waals surface area contributed by atoms with Crippen LogP contribution in [0.25, 0.3) is 11.5 Å². The summed E-state index contributed by atoms with van der Waals surface area (Å²) in [7, 11) is -3.77. The minimum absolute atomic E-state index is 0.0497. The molecule has 0 unspecified atom stereocenters. The fourth-order valence-corrected chi connectivity index (χ4v) is 3.87. The Morgan fingerprint density at radius 1 is 0.909 bits per heavy atom. The smallest absolute Gasteiger partial charge is 0.254 e. The first-order valence-electron chi connectivity index (χ1n) is 9.95. The van der Waals surface area contributed by atoms with Crippen LogP contribution in [0, 0.1) is 0 Å². The summed E-state index contributed by atoms with van der Waals surface area (Å²) in [4.78, 5) is 12.3. The van der Waals surface area contributed by atoms with Crippen molar-refractivity contribution in [2.75, 3.05) is 11.9 Å². The minimum Gasteiger partial charge on any atom is -0.484 e. The van der Waals surface area contributed by atoms with Crippen LogP contribution in [0.15, 0.2) is 94.2 Å².